The fourth-order valence-electron chi connectivity index (χ4n) is 4.38. The van der Waals surface area contributed by atoms with Gasteiger partial charge in [-0.3, -0.25) is 0 Å². The molecule has 0 N–H and O–H groups in total. The van der Waals surface area contributed by atoms with Crippen LogP contribution in [0.15, 0.2) is 88.9 Å². The molecular weight excluding hydrogens is 597 g/mol. The van der Waals surface area contributed by atoms with Crippen molar-refractivity contribution >= 4 is 30.4 Å². The van der Waals surface area contributed by atoms with E-state index >= 15 is 0 Å². The zero-order chi connectivity index (χ0) is 26.5. The van der Waals surface area contributed by atoms with Gasteiger partial charge in [-0.05, 0) is 18.6 Å². The molecule has 5 rings (SSSR count). The van der Waals surface area contributed by atoms with Crippen LogP contribution in [0.4, 0.5) is 0 Å². The van der Waals surface area contributed by atoms with E-state index in [0.29, 0.717) is 0 Å². The van der Waals surface area contributed by atoms with Crippen LogP contribution in [-0.4, -0.2) is 51.8 Å². The molecule has 0 aliphatic rings. The van der Waals surface area contributed by atoms with E-state index in [1.165, 1.54) is 5.56 Å². The van der Waals surface area contributed by atoms with Gasteiger partial charge in [-0.15, -0.1) is 0 Å². The standard InChI is InChI=1S/C26H24N7S.3CH3.Sn/c1-2-3-13-24-27-30-26(34-21-9-5-4-6-10-21)33(24)18-19-14-16-20(17-15-19)22-11-7-8-12-23(22)25-28-31-32-29-25;;;;/h4-12,14-17H,2-3,13,18H2,1H3;3*1H3;/q-1;;;;+1. The maximum atomic E-state index is 4.56. The molecule has 2 heterocycles. The predicted octanol–water partition coefficient (Wildman–Crippen LogP) is 6.82. The van der Waals surface area contributed by atoms with Crippen molar-refractivity contribution in [2.45, 2.75) is 57.6 Å². The first-order valence-corrected chi connectivity index (χ1v) is 23.7. The third kappa shape index (κ3) is 6.01. The number of aryl methyl sites for hydroxylation is 1. The molecule has 0 aliphatic carbocycles. The Labute approximate surface area is 232 Å². The molecule has 0 radical (unpaired) electrons. The van der Waals surface area contributed by atoms with Gasteiger partial charge in [0.15, 0.2) is 0 Å². The quantitative estimate of drug-likeness (QED) is 0.158. The van der Waals surface area contributed by atoms with Crippen LogP contribution in [0.5, 0.6) is 0 Å². The number of hydrogen-bond donors (Lipinski definition) is 0. The van der Waals surface area contributed by atoms with Gasteiger partial charge >= 0.3 is 179 Å². The Morgan fingerprint density at radius 3 is 2.21 bits per heavy atom. The maximum absolute atomic E-state index is 4.56. The minimum absolute atomic E-state index is 0.736. The zero-order valence-electron chi connectivity index (χ0n) is 22.4. The fraction of sp³-hybridized carbons (Fsp3) is 0.276. The summed E-state index contributed by atoms with van der Waals surface area (Å²) in [4.78, 5) is 8.11. The summed E-state index contributed by atoms with van der Waals surface area (Å²) in [6.45, 7) is 2.94. The number of tetrazole rings is 1. The van der Waals surface area contributed by atoms with Crippen LogP contribution in [-0.2, 0) is 13.0 Å². The second kappa shape index (κ2) is 11.8. The van der Waals surface area contributed by atoms with Gasteiger partial charge < -0.3 is 0 Å². The van der Waals surface area contributed by atoms with E-state index in [2.05, 4.69) is 128 Å². The summed E-state index contributed by atoms with van der Waals surface area (Å²) in [5.74, 6) is 1.90. The molecule has 9 heteroatoms. The number of rotatable bonds is 10. The molecule has 38 heavy (non-hydrogen) atoms. The summed E-state index contributed by atoms with van der Waals surface area (Å²) in [6.07, 6.45) is 3.16. The van der Waals surface area contributed by atoms with Gasteiger partial charge in [-0.1, -0.05) is 31.5 Å². The Morgan fingerprint density at radius 1 is 0.789 bits per heavy atom. The normalized spacial score (nSPS) is 11.7. The monoisotopic (exact) mass is 631 g/mol. The number of unbranched alkanes of at least 4 members (excludes halogenated alkanes) is 1. The molecule has 0 atom stereocenters. The van der Waals surface area contributed by atoms with E-state index in [-0.39, 0.29) is 0 Å². The average Bonchev–Trinajstić information content (AvgIpc) is 3.57. The Balaban J connectivity index is 1.44. The Hall–Kier alpha value is -2.98. The molecule has 0 unspecified atom stereocenters. The molecule has 2 aromatic heterocycles. The first-order chi connectivity index (χ1) is 18.4. The first kappa shape index (κ1) is 26.6. The van der Waals surface area contributed by atoms with Gasteiger partial charge in [-0.2, -0.15) is 0 Å². The summed E-state index contributed by atoms with van der Waals surface area (Å²) in [5.41, 5.74) is 4.57. The second-order valence-electron chi connectivity index (χ2n) is 10.3. The van der Waals surface area contributed by atoms with Gasteiger partial charge in [0.25, 0.3) is 0 Å². The van der Waals surface area contributed by atoms with Crippen LogP contribution in [0, 0.1) is 0 Å². The number of nitrogens with zero attached hydrogens (tertiary/aromatic N) is 7. The molecule has 3 aromatic carbocycles. The number of aromatic nitrogens is 7. The molecule has 7 nitrogen and oxygen atoms in total. The van der Waals surface area contributed by atoms with Crippen molar-refractivity contribution in [1.29, 1.82) is 0 Å². The van der Waals surface area contributed by atoms with Crippen molar-refractivity contribution in [3.63, 3.8) is 0 Å². The van der Waals surface area contributed by atoms with Gasteiger partial charge in [0.1, 0.15) is 0 Å². The Kier molecular flexibility index (Phi) is 8.28. The third-order valence-electron chi connectivity index (χ3n) is 6.38. The van der Waals surface area contributed by atoms with E-state index < -0.39 is 18.7 Å². The van der Waals surface area contributed by atoms with E-state index in [0.717, 1.165) is 64.2 Å². The van der Waals surface area contributed by atoms with Crippen LogP contribution >= 0.6 is 11.8 Å². The molecule has 5 aromatic rings. The summed E-state index contributed by atoms with van der Waals surface area (Å²) in [5, 5.41) is 22.8. The molecule has 0 bridgehead atoms. The van der Waals surface area contributed by atoms with E-state index in [9.17, 15) is 0 Å². The van der Waals surface area contributed by atoms with Crippen molar-refractivity contribution in [2.75, 3.05) is 0 Å². The average molecular weight is 630 g/mol. The summed E-state index contributed by atoms with van der Waals surface area (Å²) in [6, 6.07) is 27.6. The van der Waals surface area contributed by atoms with Crippen LogP contribution in [0.25, 0.3) is 22.5 Å². The number of hydrogen-bond acceptors (Lipinski definition) is 6. The van der Waals surface area contributed by atoms with Gasteiger partial charge in [0, 0.05) is 4.90 Å². The van der Waals surface area contributed by atoms with Crippen LogP contribution in [0.3, 0.4) is 0 Å². The molecule has 0 amide bonds. The van der Waals surface area contributed by atoms with E-state index in [1.807, 2.05) is 6.07 Å². The molecule has 0 saturated heterocycles. The molecule has 0 saturated carbocycles. The predicted molar refractivity (Wildman–Crippen MR) is 156 cm³/mol. The van der Waals surface area contributed by atoms with Crippen molar-refractivity contribution < 1.29 is 0 Å². The van der Waals surface area contributed by atoms with Crippen molar-refractivity contribution in [2.24, 2.45) is 0 Å². The van der Waals surface area contributed by atoms with E-state index in [4.69, 9.17) is 0 Å². The Morgan fingerprint density at radius 2 is 1.50 bits per heavy atom. The molecule has 194 valence electrons. The fourth-order valence-corrected chi connectivity index (χ4v) is 8.41. The van der Waals surface area contributed by atoms with Crippen LogP contribution in [0.2, 0.25) is 14.8 Å². The second-order valence-corrected chi connectivity index (χ2v) is 25.0. The molecular formula is C29H33N7SSn. The number of benzene rings is 3. The van der Waals surface area contributed by atoms with Crippen molar-refractivity contribution in [3.8, 4) is 22.5 Å². The first-order valence-electron chi connectivity index (χ1n) is 13.1. The van der Waals surface area contributed by atoms with Crippen molar-refractivity contribution in [3.05, 3.63) is 90.3 Å². The third-order valence-corrected chi connectivity index (χ3v) is 11.9. The van der Waals surface area contributed by atoms with E-state index in [1.54, 1.807) is 11.8 Å². The van der Waals surface area contributed by atoms with Gasteiger partial charge in [-0.25, -0.2) is 0 Å². The van der Waals surface area contributed by atoms with Gasteiger partial charge in [0.05, 0.1) is 0 Å². The van der Waals surface area contributed by atoms with Crippen LogP contribution in [0.1, 0.15) is 31.2 Å². The van der Waals surface area contributed by atoms with Crippen LogP contribution < -0.4 is 0 Å². The topological polar surface area (TPSA) is 74.3 Å². The molecule has 0 spiro atoms. The summed E-state index contributed by atoms with van der Waals surface area (Å²) >= 11 is -0.887. The zero-order valence-corrected chi connectivity index (χ0v) is 26.0. The van der Waals surface area contributed by atoms with Crippen molar-refractivity contribution in [1.82, 2.24) is 33.2 Å². The summed E-state index contributed by atoms with van der Waals surface area (Å²) < 4.78 is 4.36. The van der Waals surface area contributed by atoms with Gasteiger partial charge in [0.2, 0.25) is 0 Å². The molecule has 0 aliphatic heterocycles. The molecule has 0 fully saturated rings. The Bertz CT molecular complexity index is 1490. The summed E-state index contributed by atoms with van der Waals surface area (Å²) in [7, 11) is 0. The SMILES string of the molecule is CCCCc1nnc(Sc2ccccc2)n1Cc1ccc(-c2ccccc2-c2nnn[n]2[Sn]([CH3])([CH3])[CH3])cc1. The minimum atomic E-state index is -2.55.